The minimum atomic E-state index is -1.20. The van der Waals surface area contributed by atoms with Crippen LogP contribution in [0.2, 0.25) is 0 Å². The number of aliphatic carboxylic acids is 1. The predicted molar refractivity (Wildman–Crippen MR) is 79.5 cm³/mol. The highest BCUT2D eigenvalue weighted by Gasteiger charge is 2.24. The third-order valence-corrected chi connectivity index (χ3v) is 2.64. The van der Waals surface area contributed by atoms with Gasteiger partial charge in [0.1, 0.15) is 11.6 Å². The van der Waals surface area contributed by atoms with Crippen LogP contribution in [0.1, 0.15) is 36.7 Å². The zero-order valence-corrected chi connectivity index (χ0v) is 12.8. The summed E-state index contributed by atoms with van der Waals surface area (Å²) in [6.45, 7) is 5.04. The number of alkyl carbamates (subject to hydrolysis) is 1. The van der Waals surface area contributed by atoms with E-state index < -0.39 is 29.6 Å². The molecule has 0 saturated carbocycles. The summed E-state index contributed by atoms with van der Waals surface area (Å²) < 4.78 is 5.03. The lowest BCUT2D eigenvalue weighted by atomic mass is 10.0. The molecule has 7 nitrogen and oxygen atoms in total. The highest BCUT2D eigenvalue weighted by molar-refractivity contribution is 5.93. The van der Waals surface area contributed by atoms with Crippen molar-refractivity contribution in [1.29, 1.82) is 0 Å². The first-order valence-corrected chi connectivity index (χ1v) is 6.69. The standard InChI is InChI=1S/C15H20N2O5/c1-15(2,3)22-14(21)17-11(13(19)20)8-9-5-4-6-10(7-9)12(16)18/h4-7,11H,8H2,1-3H3,(H2,16,18)(H,17,21)(H,19,20)/t11-/m1/s1. The quantitative estimate of drug-likeness (QED) is 0.757. The second-order valence-electron chi connectivity index (χ2n) is 5.81. The summed E-state index contributed by atoms with van der Waals surface area (Å²) in [7, 11) is 0. The fourth-order valence-corrected chi connectivity index (χ4v) is 1.74. The van der Waals surface area contributed by atoms with E-state index in [9.17, 15) is 19.5 Å². The molecule has 2 amide bonds. The summed E-state index contributed by atoms with van der Waals surface area (Å²) in [5, 5.41) is 11.5. The van der Waals surface area contributed by atoms with Crippen molar-refractivity contribution in [1.82, 2.24) is 5.32 Å². The molecule has 0 saturated heterocycles. The maximum Gasteiger partial charge on any atom is 0.408 e. The molecule has 7 heteroatoms. The Kier molecular flexibility index (Phi) is 5.50. The highest BCUT2D eigenvalue weighted by atomic mass is 16.6. The third-order valence-electron chi connectivity index (χ3n) is 2.64. The number of amides is 2. The van der Waals surface area contributed by atoms with Gasteiger partial charge in [-0.25, -0.2) is 9.59 Å². The monoisotopic (exact) mass is 308 g/mol. The van der Waals surface area contributed by atoms with Gasteiger partial charge in [0.15, 0.2) is 0 Å². The molecule has 0 fully saturated rings. The third kappa shape index (κ3) is 5.82. The molecule has 0 bridgehead atoms. The topological polar surface area (TPSA) is 119 Å². The maximum absolute atomic E-state index is 11.7. The number of hydrogen-bond acceptors (Lipinski definition) is 4. The van der Waals surface area contributed by atoms with E-state index in [0.717, 1.165) is 0 Å². The zero-order valence-electron chi connectivity index (χ0n) is 12.8. The van der Waals surface area contributed by atoms with Crippen LogP contribution in [0.3, 0.4) is 0 Å². The smallest absolute Gasteiger partial charge is 0.408 e. The first kappa shape index (κ1) is 17.5. The minimum absolute atomic E-state index is 0.00962. The normalized spacial score (nSPS) is 12.3. The summed E-state index contributed by atoms with van der Waals surface area (Å²) >= 11 is 0. The van der Waals surface area contributed by atoms with Gasteiger partial charge in [0.05, 0.1) is 0 Å². The maximum atomic E-state index is 11.7. The van der Waals surface area contributed by atoms with Gasteiger partial charge >= 0.3 is 12.1 Å². The molecule has 0 radical (unpaired) electrons. The van der Waals surface area contributed by atoms with Crippen LogP contribution in [0.4, 0.5) is 4.79 Å². The lowest BCUT2D eigenvalue weighted by Crippen LogP contribution is -2.44. The van der Waals surface area contributed by atoms with Gasteiger partial charge in [0.2, 0.25) is 5.91 Å². The van der Waals surface area contributed by atoms with Crippen LogP contribution in [0, 0.1) is 0 Å². The molecule has 0 unspecified atom stereocenters. The van der Waals surface area contributed by atoms with Crippen molar-refractivity contribution >= 4 is 18.0 Å². The first-order valence-electron chi connectivity index (χ1n) is 6.69. The molecule has 1 aromatic rings. The van der Waals surface area contributed by atoms with E-state index in [-0.39, 0.29) is 12.0 Å². The number of carbonyl (C=O) groups is 3. The molecule has 0 heterocycles. The van der Waals surface area contributed by atoms with Crippen LogP contribution in [-0.4, -0.2) is 34.7 Å². The Bertz CT molecular complexity index is 578. The van der Waals surface area contributed by atoms with Crippen molar-refractivity contribution in [3.05, 3.63) is 35.4 Å². The number of carboxylic acid groups (broad SMARTS) is 1. The minimum Gasteiger partial charge on any atom is -0.480 e. The molecule has 0 aromatic heterocycles. The Hall–Kier alpha value is -2.57. The van der Waals surface area contributed by atoms with Gasteiger partial charge in [0, 0.05) is 12.0 Å². The molecule has 4 N–H and O–H groups in total. The second kappa shape index (κ2) is 6.93. The predicted octanol–water partition coefficient (Wildman–Crippen LogP) is 1.31. The number of nitrogens with one attached hydrogen (secondary N) is 1. The summed E-state index contributed by atoms with van der Waals surface area (Å²) in [6.07, 6.45) is -0.804. The van der Waals surface area contributed by atoms with Gasteiger partial charge in [-0.15, -0.1) is 0 Å². The number of carbonyl (C=O) groups excluding carboxylic acids is 2. The fourth-order valence-electron chi connectivity index (χ4n) is 1.74. The molecule has 0 aliphatic heterocycles. The number of primary amides is 1. The number of nitrogens with two attached hydrogens (primary N) is 1. The lowest BCUT2D eigenvalue weighted by Gasteiger charge is -2.22. The van der Waals surface area contributed by atoms with Crippen LogP contribution in [0.25, 0.3) is 0 Å². The van der Waals surface area contributed by atoms with E-state index in [1.807, 2.05) is 0 Å². The molecule has 1 rings (SSSR count). The van der Waals surface area contributed by atoms with Crippen LogP contribution < -0.4 is 11.1 Å². The number of rotatable bonds is 5. The average molecular weight is 308 g/mol. The highest BCUT2D eigenvalue weighted by Crippen LogP contribution is 2.10. The van der Waals surface area contributed by atoms with E-state index in [1.54, 1.807) is 32.9 Å². The Morgan fingerprint density at radius 1 is 1.32 bits per heavy atom. The van der Waals surface area contributed by atoms with E-state index in [0.29, 0.717) is 5.56 Å². The molecular weight excluding hydrogens is 288 g/mol. The van der Waals surface area contributed by atoms with Crippen molar-refractivity contribution in [3.8, 4) is 0 Å². The van der Waals surface area contributed by atoms with E-state index >= 15 is 0 Å². The number of hydrogen-bond donors (Lipinski definition) is 3. The van der Waals surface area contributed by atoms with Crippen molar-refractivity contribution in [3.63, 3.8) is 0 Å². The lowest BCUT2D eigenvalue weighted by molar-refractivity contribution is -0.139. The Balaban J connectivity index is 2.81. The van der Waals surface area contributed by atoms with Crippen molar-refractivity contribution in [2.75, 3.05) is 0 Å². The summed E-state index contributed by atoms with van der Waals surface area (Å²) in [4.78, 5) is 34.1. The van der Waals surface area contributed by atoms with Gasteiger partial charge in [-0.1, -0.05) is 12.1 Å². The molecule has 0 aliphatic rings. The van der Waals surface area contributed by atoms with E-state index in [4.69, 9.17) is 10.5 Å². The first-order chi connectivity index (χ1) is 10.1. The van der Waals surface area contributed by atoms with Gasteiger partial charge in [-0.2, -0.15) is 0 Å². The molecule has 1 aromatic carbocycles. The fraction of sp³-hybridized carbons (Fsp3) is 0.400. The Labute approximate surface area is 128 Å². The molecular formula is C15H20N2O5. The molecule has 22 heavy (non-hydrogen) atoms. The van der Waals surface area contributed by atoms with Gasteiger partial charge in [-0.05, 0) is 38.5 Å². The van der Waals surface area contributed by atoms with Crippen molar-refractivity contribution in [2.45, 2.75) is 38.8 Å². The summed E-state index contributed by atoms with van der Waals surface area (Å²) in [6, 6.07) is 5.11. The van der Waals surface area contributed by atoms with Crippen LogP contribution >= 0.6 is 0 Å². The second-order valence-corrected chi connectivity index (χ2v) is 5.81. The molecule has 0 aliphatic carbocycles. The molecule has 1 atom stereocenters. The van der Waals surface area contributed by atoms with Crippen LogP contribution in [0.5, 0.6) is 0 Å². The van der Waals surface area contributed by atoms with Crippen molar-refractivity contribution < 1.29 is 24.2 Å². The average Bonchev–Trinajstić information content (AvgIpc) is 2.35. The molecule has 0 spiro atoms. The van der Waals surface area contributed by atoms with Crippen LogP contribution in [0.15, 0.2) is 24.3 Å². The number of benzene rings is 1. The van der Waals surface area contributed by atoms with E-state index in [2.05, 4.69) is 5.32 Å². The number of carboxylic acids is 1. The number of ether oxygens (including phenoxy) is 1. The van der Waals surface area contributed by atoms with Crippen molar-refractivity contribution in [2.24, 2.45) is 5.73 Å². The Morgan fingerprint density at radius 2 is 1.95 bits per heavy atom. The summed E-state index contributed by atoms with van der Waals surface area (Å²) in [5.74, 6) is -1.80. The van der Waals surface area contributed by atoms with Gasteiger partial charge in [-0.3, -0.25) is 4.79 Å². The van der Waals surface area contributed by atoms with Crippen LogP contribution in [-0.2, 0) is 16.0 Å². The SMILES string of the molecule is CC(C)(C)OC(=O)N[C@H](Cc1cccc(C(N)=O)c1)C(=O)O. The largest absolute Gasteiger partial charge is 0.480 e. The van der Waals surface area contributed by atoms with E-state index in [1.165, 1.54) is 12.1 Å². The molecule has 120 valence electrons. The van der Waals surface area contributed by atoms with Gasteiger partial charge in [0.25, 0.3) is 0 Å². The van der Waals surface area contributed by atoms with Gasteiger partial charge < -0.3 is 20.9 Å². The zero-order chi connectivity index (χ0) is 16.9. The Morgan fingerprint density at radius 3 is 2.45 bits per heavy atom. The summed E-state index contributed by atoms with van der Waals surface area (Å²) in [5.41, 5.74) is 5.30.